The molecule has 0 bridgehead atoms. The number of rotatable bonds is 6. The highest BCUT2D eigenvalue weighted by Gasteiger charge is 2.36. The van der Waals surface area contributed by atoms with Crippen LogP contribution in [0, 0.1) is 0 Å². The van der Waals surface area contributed by atoms with Gasteiger partial charge in [0, 0.05) is 4.47 Å². The van der Waals surface area contributed by atoms with Crippen molar-refractivity contribution in [3.05, 3.63) is 56.5 Å². The number of methoxy groups -OCH3 is 1. The molecule has 0 aromatic heterocycles. The van der Waals surface area contributed by atoms with Gasteiger partial charge in [-0.3, -0.25) is 14.9 Å². The van der Waals surface area contributed by atoms with Gasteiger partial charge in [0.05, 0.1) is 23.4 Å². The summed E-state index contributed by atoms with van der Waals surface area (Å²) in [5.41, 5.74) is 0.705. The maximum absolute atomic E-state index is 13.0. The van der Waals surface area contributed by atoms with Crippen LogP contribution in [0.3, 0.4) is 0 Å². The first-order chi connectivity index (χ1) is 14.7. The second-order valence-corrected chi connectivity index (χ2v) is 8.58. The Morgan fingerprint density at radius 2 is 1.81 bits per heavy atom. The smallest absolute Gasteiger partial charge is 0.335 e. The number of amides is 4. The van der Waals surface area contributed by atoms with Crippen LogP contribution in [0.1, 0.15) is 25.8 Å². The van der Waals surface area contributed by atoms with E-state index in [1.54, 1.807) is 36.4 Å². The number of barbiturate groups is 1. The van der Waals surface area contributed by atoms with Crippen molar-refractivity contribution in [3.63, 3.8) is 0 Å². The summed E-state index contributed by atoms with van der Waals surface area (Å²) in [6, 6.07) is 9.20. The molecule has 1 fully saturated rings. The maximum atomic E-state index is 13.0. The first-order valence-corrected chi connectivity index (χ1v) is 11.0. The zero-order valence-electron chi connectivity index (χ0n) is 17.1. The van der Waals surface area contributed by atoms with Crippen molar-refractivity contribution in [2.75, 3.05) is 12.0 Å². The Balaban J connectivity index is 2.00. The SMILES string of the molecule is CC[C@H](C)Oc1c(Br)cc(/C=C2\C(=O)NC(=O)N(c3ccc(Br)cc3)C2=O)cc1OC. The summed E-state index contributed by atoms with van der Waals surface area (Å²) in [5.74, 6) is -0.499. The summed E-state index contributed by atoms with van der Waals surface area (Å²) < 4.78 is 12.8. The molecule has 4 amide bonds. The standard InChI is InChI=1S/C22H20Br2N2O5/c1-4-12(2)31-19-17(24)10-13(11-18(19)30-3)9-16-20(27)25-22(29)26(21(16)28)15-7-5-14(23)6-8-15/h5-12H,4H2,1-3H3,(H,25,27,29)/b16-9+/t12-/m0/s1. The van der Waals surface area contributed by atoms with Crippen LogP contribution in [0.4, 0.5) is 10.5 Å². The molecule has 31 heavy (non-hydrogen) atoms. The highest BCUT2D eigenvalue weighted by Crippen LogP contribution is 2.38. The van der Waals surface area contributed by atoms with Crippen LogP contribution >= 0.6 is 31.9 Å². The Morgan fingerprint density at radius 3 is 2.42 bits per heavy atom. The Kier molecular flexibility index (Phi) is 7.17. The second-order valence-electron chi connectivity index (χ2n) is 6.81. The monoisotopic (exact) mass is 550 g/mol. The average Bonchev–Trinajstić information content (AvgIpc) is 2.73. The number of carbonyl (C=O) groups is 3. The van der Waals surface area contributed by atoms with E-state index in [9.17, 15) is 14.4 Å². The maximum Gasteiger partial charge on any atom is 0.335 e. The topological polar surface area (TPSA) is 84.9 Å². The predicted molar refractivity (Wildman–Crippen MR) is 124 cm³/mol. The van der Waals surface area contributed by atoms with Gasteiger partial charge in [0.2, 0.25) is 0 Å². The third-order valence-corrected chi connectivity index (χ3v) is 5.76. The van der Waals surface area contributed by atoms with E-state index >= 15 is 0 Å². The largest absolute Gasteiger partial charge is 0.493 e. The van der Waals surface area contributed by atoms with E-state index in [0.29, 0.717) is 27.2 Å². The summed E-state index contributed by atoms with van der Waals surface area (Å²) in [6.07, 6.45) is 2.21. The molecular formula is C22H20Br2N2O5. The van der Waals surface area contributed by atoms with Gasteiger partial charge in [-0.15, -0.1) is 0 Å². The summed E-state index contributed by atoms with van der Waals surface area (Å²) in [6.45, 7) is 3.95. The van der Waals surface area contributed by atoms with Gasteiger partial charge in [-0.25, -0.2) is 9.69 Å². The van der Waals surface area contributed by atoms with E-state index in [2.05, 4.69) is 37.2 Å². The lowest BCUT2D eigenvalue weighted by atomic mass is 10.1. The van der Waals surface area contributed by atoms with Gasteiger partial charge in [-0.1, -0.05) is 22.9 Å². The number of ether oxygens (including phenoxy) is 2. The molecule has 2 aromatic rings. The molecule has 0 spiro atoms. The molecule has 1 atom stereocenters. The van der Waals surface area contributed by atoms with E-state index in [1.165, 1.54) is 13.2 Å². The summed E-state index contributed by atoms with van der Waals surface area (Å²) in [7, 11) is 1.51. The van der Waals surface area contributed by atoms with Crippen LogP contribution in [0.25, 0.3) is 6.08 Å². The van der Waals surface area contributed by atoms with E-state index < -0.39 is 17.8 Å². The first kappa shape index (κ1) is 23.0. The number of anilines is 1. The van der Waals surface area contributed by atoms with Crippen molar-refractivity contribution in [2.24, 2.45) is 0 Å². The van der Waals surface area contributed by atoms with Gasteiger partial charge >= 0.3 is 6.03 Å². The summed E-state index contributed by atoms with van der Waals surface area (Å²) in [4.78, 5) is 38.7. The van der Waals surface area contributed by atoms with Crippen molar-refractivity contribution in [2.45, 2.75) is 26.4 Å². The Labute approximate surface area is 196 Å². The van der Waals surface area contributed by atoms with Gasteiger partial charge in [0.1, 0.15) is 5.57 Å². The van der Waals surface area contributed by atoms with E-state index in [4.69, 9.17) is 9.47 Å². The van der Waals surface area contributed by atoms with Gasteiger partial charge in [-0.05, 0) is 77.3 Å². The lowest BCUT2D eigenvalue weighted by Crippen LogP contribution is -2.54. The van der Waals surface area contributed by atoms with Gasteiger partial charge in [-0.2, -0.15) is 0 Å². The highest BCUT2D eigenvalue weighted by atomic mass is 79.9. The van der Waals surface area contributed by atoms with Crippen molar-refractivity contribution >= 4 is 61.5 Å². The number of halogens is 2. The Morgan fingerprint density at radius 1 is 1.13 bits per heavy atom. The molecule has 0 radical (unpaired) electrons. The minimum atomic E-state index is -0.800. The number of urea groups is 1. The fourth-order valence-electron chi connectivity index (χ4n) is 2.87. The van der Waals surface area contributed by atoms with Crippen molar-refractivity contribution < 1.29 is 23.9 Å². The molecule has 0 aliphatic carbocycles. The number of carbonyl (C=O) groups excluding carboxylic acids is 3. The molecule has 162 valence electrons. The van der Waals surface area contributed by atoms with Crippen LogP contribution in [0.15, 0.2) is 50.9 Å². The minimum Gasteiger partial charge on any atom is -0.493 e. The Hall–Kier alpha value is -2.65. The zero-order valence-corrected chi connectivity index (χ0v) is 20.2. The molecule has 7 nitrogen and oxygen atoms in total. The zero-order chi connectivity index (χ0) is 22.7. The number of benzene rings is 2. The fraction of sp³-hybridized carbons (Fsp3) is 0.227. The number of nitrogens with one attached hydrogen (secondary N) is 1. The van der Waals surface area contributed by atoms with Crippen molar-refractivity contribution in [1.29, 1.82) is 0 Å². The first-order valence-electron chi connectivity index (χ1n) is 9.46. The van der Waals surface area contributed by atoms with Gasteiger partial charge in [0.15, 0.2) is 11.5 Å². The van der Waals surface area contributed by atoms with Crippen LogP contribution in [0.2, 0.25) is 0 Å². The van der Waals surface area contributed by atoms with Crippen LogP contribution in [0.5, 0.6) is 11.5 Å². The molecule has 9 heteroatoms. The quantitative estimate of drug-likeness (QED) is 0.400. The van der Waals surface area contributed by atoms with E-state index in [1.807, 2.05) is 13.8 Å². The third-order valence-electron chi connectivity index (χ3n) is 4.64. The summed E-state index contributed by atoms with van der Waals surface area (Å²) in [5, 5.41) is 2.21. The van der Waals surface area contributed by atoms with Gasteiger partial charge in [0.25, 0.3) is 11.8 Å². The predicted octanol–water partition coefficient (Wildman–Crippen LogP) is 5.06. The van der Waals surface area contributed by atoms with Gasteiger partial charge < -0.3 is 9.47 Å². The van der Waals surface area contributed by atoms with E-state index in [-0.39, 0.29) is 11.7 Å². The minimum absolute atomic E-state index is 0.0226. The molecule has 3 rings (SSSR count). The third kappa shape index (κ3) is 4.99. The average molecular weight is 552 g/mol. The van der Waals surface area contributed by atoms with E-state index in [0.717, 1.165) is 15.8 Å². The molecule has 1 aliphatic heterocycles. The van der Waals surface area contributed by atoms with Crippen LogP contribution in [-0.4, -0.2) is 31.1 Å². The van der Waals surface area contributed by atoms with Crippen LogP contribution in [-0.2, 0) is 9.59 Å². The molecule has 1 aliphatic rings. The fourth-order valence-corrected chi connectivity index (χ4v) is 3.69. The number of hydrogen-bond donors (Lipinski definition) is 1. The van der Waals surface area contributed by atoms with Crippen molar-refractivity contribution in [1.82, 2.24) is 5.32 Å². The molecular weight excluding hydrogens is 532 g/mol. The normalized spacial score (nSPS) is 16.4. The van der Waals surface area contributed by atoms with Crippen molar-refractivity contribution in [3.8, 4) is 11.5 Å². The van der Waals surface area contributed by atoms with Crippen LogP contribution < -0.4 is 19.7 Å². The molecule has 1 saturated heterocycles. The number of nitrogens with zero attached hydrogens (tertiary/aromatic N) is 1. The molecule has 0 saturated carbocycles. The lowest BCUT2D eigenvalue weighted by molar-refractivity contribution is -0.122. The molecule has 1 heterocycles. The number of imide groups is 2. The second kappa shape index (κ2) is 9.65. The Bertz CT molecular complexity index is 1070. The highest BCUT2D eigenvalue weighted by molar-refractivity contribution is 9.10. The summed E-state index contributed by atoms with van der Waals surface area (Å²) >= 11 is 6.78. The molecule has 2 aromatic carbocycles. The number of hydrogen-bond acceptors (Lipinski definition) is 5. The molecule has 0 unspecified atom stereocenters. The lowest BCUT2D eigenvalue weighted by Gasteiger charge is -2.26. The molecule has 1 N–H and O–H groups in total.